The molecule has 3 aliphatic heterocycles. The van der Waals surface area contributed by atoms with Crippen LogP contribution in [0, 0.1) is 19.8 Å². The minimum atomic E-state index is -0.305. The van der Waals surface area contributed by atoms with Gasteiger partial charge in [0.2, 0.25) is 0 Å². The Bertz CT molecular complexity index is 936. The number of aryl methyl sites for hydroxylation is 2. The van der Waals surface area contributed by atoms with E-state index in [-0.39, 0.29) is 23.6 Å². The van der Waals surface area contributed by atoms with Crippen molar-refractivity contribution in [2.75, 3.05) is 32.7 Å². The largest absolute Gasteiger partial charge is 0.440 e. The molecule has 1 aromatic rings. The summed E-state index contributed by atoms with van der Waals surface area (Å²) in [4.78, 5) is 33.2. The number of nitrogens with zero attached hydrogens (tertiary/aromatic N) is 3. The summed E-state index contributed by atoms with van der Waals surface area (Å²) in [5, 5.41) is 0. The number of piperidine rings is 2. The Balaban J connectivity index is 1.18. The molecule has 1 aromatic carbocycles. The van der Waals surface area contributed by atoms with Crippen LogP contribution < -0.4 is 0 Å². The Morgan fingerprint density at radius 1 is 1.00 bits per heavy atom. The molecule has 4 fully saturated rings. The number of benzene rings is 1. The Hall–Kier alpha value is -2.08. The van der Waals surface area contributed by atoms with Crippen molar-refractivity contribution in [2.24, 2.45) is 5.92 Å². The maximum absolute atomic E-state index is 13.3. The lowest BCUT2D eigenvalue weighted by Crippen LogP contribution is -2.56. The molecule has 1 atom stereocenters. The van der Waals surface area contributed by atoms with Crippen molar-refractivity contribution in [3.8, 4) is 0 Å². The van der Waals surface area contributed by atoms with E-state index in [0.29, 0.717) is 12.0 Å². The summed E-state index contributed by atoms with van der Waals surface area (Å²) in [6.07, 6.45) is 12.4. The fourth-order valence-corrected chi connectivity index (χ4v) is 7.65. The van der Waals surface area contributed by atoms with Gasteiger partial charge in [-0.1, -0.05) is 50.8 Å². The second kappa shape index (κ2) is 11.3. The highest BCUT2D eigenvalue weighted by Crippen LogP contribution is 2.43. The Morgan fingerprint density at radius 3 is 2.27 bits per heavy atom. The highest BCUT2D eigenvalue weighted by atomic mass is 16.6. The van der Waals surface area contributed by atoms with E-state index in [1.54, 1.807) is 0 Å². The van der Waals surface area contributed by atoms with Crippen molar-refractivity contribution in [3.05, 3.63) is 34.9 Å². The maximum atomic E-state index is 13.3. The van der Waals surface area contributed by atoms with Gasteiger partial charge in [0.05, 0.1) is 6.04 Å². The molecule has 0 aromatic heterocycles. The normalized spacial score (nSPS) is 25.3. The zero-order valence-corrected chi connectivity index (χ0v) is 23.3. The number of ether oxygens (including phenoxy) is 1. The lowest BCUT2D eigenvalue weighted by molar-refractivity contribution is -0.0384. The molecular weight excluding hydrogens is 462 g/mol. The minimum Gasteiger partial charge on any atom is -0.440 e. The van der Waals surface area contributed by atoms with Gasteiger partial charge in [0.25, 0.3) is 5.91 Å². The Morgan fingerprint density at radius 2 is 1.65 bits per heavy atom. The van der Waals surface area contributed by atoms with Crippen LogP contribution in [0.1, 0.15) is 99.0 Å². The van der Waals surface area contributed by atoms with E-state index < -0.39 is 0 Å². The van der Waals surface area contributed by atoms with Crippen molar-refractivity contribution >= 4 is 12.0 Å². The van der Waals surface area contributed by atoms with Crippen LogP contribution in [-0.4, -0.2) is 77.1 Å². The number of amides is 2. The summed E-state index contributed by atoms with van der Waals surface area (Å²) in [6, 6.07) is 6.85. The molecule has 204 valence electrons. The molecule has 2 amide bonds. The van der Waals surface area contributed by atoms with E-state index in [1.165, 1.54) is 25.7 Å². The Labute approximate surface area is 223 Å². The standard InChI is InChI=1S/C31H47N3O3/c1-4-5-13-27-31(37-30(36)34(27)22-25-11-6-7-12-25)16-20-32(21-17-31)26-14-18-33(19-15-26)29(35)28-23(2)9-8-10-24(28)3/h8-10,25-27H,4-7,11-22H2,1-3H3. The van der Waals surface area contributed by atoms with Crippen molar-refractivity contribution in [1.82, 2.24) is 14.7 Å². The lowest BCUT2D eigenvalue weighted by atomic mass is 9.80. The molecule has 3 saturated heterocycles. The first-order valence-electron chi connectivity index (χ1n) is 15.0. The third-order valence-electron chi connectivity index (χ3n) is 9.88. The zero-order valence-electron chi connectivity index (χ0n) is 23.3. The second-order valence-electron chi connectivity index (χ2n) is 12.2. The van der Waals surface area contributed by atoms with Crippen LogP contribution in [0.15, 0.2) is 18.2 Å². The summed E-state index contributed by atoms with van der Waals surface area (Å²) in [5.41, 5.74) is 2.71. The van der Waals surface area contributed by atoms with E-state index in [9.17, 15) is 9.59 Å². The van der Waals surface area contributed by atoms with Gasteiger partial charge < -0.3 is 14.5 Å². The summed E-state index contributed by atoms with van der Waals surface area (Å²) in [6.45, 7) is 10.8. The van der Waals surface area contributed by atoms with Gasteiger partial charge in [0.1, 0.15) is 5.60 Å². The molecule has 5 rings (SSSR count). The molecule has 3 heterocycles. The van der Waals surface area contributed by atoms with E-state index in [0.717, 1.165) is 94.4 Å². The van der Waals surface area contributed by atoms with E-state index >= 15 is 0 Å². The molecule has 1 aliphatic carbocycles. The van der Waals surface area contributed by atoms with Gasteiger partial charge in [0, 0.05) is 57.2 Å². The highest BCUT2D eigenvalue weighted by Gasteiger charge is 2.55. The number of carbonyl (C=O) groups excluding carboxylic acids is 2. The van der Waals surface area contributed by atoms with Crippen LogP contribution in [0.25, 0.3) is 0 Å². The quantitative estimate of drug-likeness (QED) is 0.456. The van der Waals surface area contributed by atoms with Gasteiger partial charge in [-0.15, -0.1) is 0 Å². The summed E-state index contributed by atoms with van der Waals surface area (Å²) < 4.78 is 6.29. The topological polar surface area (TPSA) is 53.1 Å². The molecule has 0 radical (unpaired) electrons. The van der Waals surface area contributed by atoms with Gasteiger partial charge in [0.15, 0.2) is 0 Å². The van der Waals surface area contributed by atoms with Gasteiger partial charge in [-0.2, -0.15) is 0 Å². The first-order chi connectivity index (χ1) is 17.9. The minimum absolute atomic E-state index is 0.0558. The third-order valence-corrected chi connectivity index (χ3v) is 9.88. The molecule has 37 heavy (non-hydrogen) atoms. The molecule has 6 heteroatoms. The average molecular weight is 510 g/mol. The summed E-state index contributed by atoms with van der Waals surface area (Å²) >= 11 is 0. The molecule has 4 aliphatic rings. The number of hydrogen-bond donors (Lipinski definition) is 0. The van der Waals surface area contributed by atoms with Crippen LogP contribution in [0.3, 0.4) is 0 Å². The van der Waals surface area contributed by atoms with Crippen molar-refractivity contribution in [1.29, 1.82) is 0 Å². The second-order valence-corrected chi connectivity index (χ2v) is 12.2. The monoisotopic (exact) mass is 509 g/mol. The predicted octanol–water partition coefficient (Wildman–Crippen LogP) is 5.94. The van der Waals surface area contributed by atoms with E-state index in [2.05, 4.69) is 21.6 Å². The fraction of sp³-hybridized carbons (Fsp3) is 0.742. The number of rotatable bonds is 7. The maximum Gasteiger partial charge on any atom is 0.410 e. The smallest absolute Gasteiger partial charge is 0.410 e. The van der Waals surface area contributed by atoms with Crippen LogP contribution in [0.4, 0.5) is 4.79 Å². The predicted molar refractivity (Wildman–Crippen MR) is 147 cm³/mol. The van der Waals surface area contributed by atoms with E-state index in [1.807, 2.05) is 32.0 Å². The van der Waals surface area contributed by atoms with Crippen LogP contribution in [0.5, 0.6) is 0 Å². The number of carbonyl (C=O) groups is 2. The third kappa shape index (κ3) is 5.41. The van der Waals surface area contributed by atoms with Crippen molar-refractivity contribution in [2.45, 2.75) is 109 Å². The number of hydrogen-bond acceptors (Lipinski definition) is 4. The molecule has 1 spiro atoms. The average Bonchev–Trinajstić information content (AvgIpc) is 3.50. The molecule has 1 saturated carbocycles. The molecule has 0 bridgehead atoms. The zero-order chi connectivity index (χ0) is 26.0. The summed E-state index contributed by atoms with van der Waals surface area (Å²) in [5.74, 6) is 0.842. The molecule has 6 nitrogen and oxygen atoms in total. The van der Waals surface area contributed by atoms with Gasteiger partial charge in [-0.3, -0.25) is 9.69 Å². The fourth-order valence-electron chi connectivity index (χ4n) is 7.65. The number of unbranched alkanes of at least 4 members (excludes halogenated alkanes) is 1. The summed E-state index contributed by atoms with van der Waals surface area (Å²) in [7, 11) is 0. The SMILES string of the molecule is CCCCC1N(CC2CCCC2)C(=O)OC12CCN(C1CCN(C(=O)c3c(C)cccc3C)CC1)CC2. The van der Waals surface area contributed by atoms with Gasteiger partial charge in [-0.05, 0) is 63.0 Å². The lowest BCUT2D eigenvalue weighted by Gasteiger charge is -2.46. The molecular formula is C31H47N3O3. The Kier molecular flexibility index (Phi) is 8.13. The van der Waals surface area contributed by atoms with Crippen LogP contribution in [0.2, 0.25) is 0 Å². The van der Waals surface area contributed by atoms with Crippen molar-refractivity contribution in [3.63, 3.8) is 0 Å². The molecule has 0 N–H and O–H groups in total. The first kappa shape index (κ1) is 26.5. The highest BCUT2D eigenvalue weighted by molar-refractivity contribution is 5.97. The number of likely N-dealkylation sites (tertiary alicyclic amines) is 2. The van der Waals surface area contributed by atoms with Gasteiger partial charge >= 0.3 is 6.09 Å². The molecule has 1 unspecified atom stereocenters. The van der Waals surface area contributed by atoms with E-state index in [4.69, 9.17) is 4.74 Å². The van der Waals surface area contributed by atoms with Gasteiger partial charge in [-0.25, -0.2) is 4.79 Å². The van der Waals surface area contributed by atoms with Crippen LogP contribution >= 0.6 is 0 Å². The van der Waals surface area contributed by atoms with Crippen molar-refractivity contribution < 1.29 is 14.3 Å². The first-order valence-corrected chi connectivity index (χ1v) is 15.0. The van der Waals surface area contributed by atoms with Crippen LogP contribution in [-0.2, 0) is 4.74 Å².